The van der Waals surface area contributed by atoms with E-state index in [1.807, 2.05) is 13.1 Å². The van der Waals surface area contributed by atoms with Gasteiger partial charge in [-0.25, -0.2) is 0 Å². The van der Waals surface area contributed by atoms with Crippen molar-refractivity contribution in [1.82, 2.24) is 10.2 Å². The fourth-order valence-electron chi connectivity index (χ4n) is 3.86. The topological polar surface area (TPSA) is 55.3 Å². The molecule has 1 aromatic carbocycles. The van der Waals surface area contributed by atoms with Crippen molar-refractivity contribution in [2.75, 3.05) is 53.6 Å². The van der Waals surface area contributed by atoms with Crippen LogP contribution in [0.5, 0.6) is 5.75 Å². The molecule has 2 heterocycles. The number of likely N-dealkylation sites (tertiary alicyclic amines) is 1. The molecule has 6 nitrogen and oxygen atoms in total. The van der Waals surface area contributed by atoms with Gasteiger partial charge in [0.1, 0.15) is 5.75 Å². The van der Waals surface area contributed by atoms with Gasteiger partial charge in [-0.05, 0) is 37.3 Å². The molecule has 28 heavy (non-hydrogen) atoms. The Hall–Kier alpha value is -1.06. The number of piperidine rings is 1. The molecule has 0 aliphatic carbocycles. The quantitative estimate of drug-likeness (QED) is 0.268. The minimum atomic E-state index is 0. The summed E-state index contributed by atoms with van der Waals surface area (Å²) in [5.41, 5.74) is 1.30. The Morgan fingerprint density at radius 1 is 1.21 bits per heavy atom. The van der Waals surface area contributed by atoms with Crippen LogP contribution < -0.4 is 10.1 Å². The van der Waals surface area contributed by atoms with E-state index in [0.29, 0.717) is 12.0 Å². The van der Waals surface area contributed by atoms with Gasteiger partial charge in [0, 0.05) is 52.9 Å². The van der Waals surface area contributed by atoms with Crippen LogP contribution in [0.4, 0.5) is 0 Å². The van der Waals surface area contributed by atoms with Gasteiger partial charge in [0.15, 0.2) is 5.96 Å². The van der Waals surface area contributed by atoms with Gasteiger partial charge < -0.3 is 24.4 Å². The number of hydrogen-bond acceptors (Lipinski definition) is 4. The minimum absolute atomic E-state index is 0. The van der Waals surface area contributed by atoms with Gasteiger partial charge in [0.25, 0.3) is 0 Å². The number of rotatable bonds is 7. The standard InChI is InChI=1S/C21H33N3O3.HI/c1-22-21(24-11-8-18(9-12-24)26-14-5-13-25-2)23-16-17-10-15-27-20-7-4-3-6-19(17)20;/h3-4,6-7,17-18H,5,8-16H2,1-2H3,(H,22,23);1H. The molecule has 2 aliphatic rings. The Bertz CT molecular complexity index is 606. The molecule has 0 spiro atoms. The van der Waals surface area contributed by atoms with Crippen LogP contribution in [0.1, 0.15) is 37.2 Å². The highest BCUT2D eigenvalue weighted by Crippen LogP contribution is 2.32. The van der Waals surface area contributed by atoms with Crippen molar-refractivity contribution in [2.45, 2.75) is 37.7 Å². The molecule has 1 N–H and O–H groups in total. The monoisotopic (exact) mass is 503 g/mol. The second kappa shape index (κ2) is 12.5. The maximum atomic E-state index is 5.96. The van der Waals surface area contributed by atoms with Gasteiger partial charge in [-0.15, -0.1) is 24.0 Å². The van der Waals surface area contributed by atoms with E-state index in [1.54, 1.807) is 7.11 Å². The van der Waals surface area contributed by atoms with Crippen molar-refractivity contribution < 1.29 is 14.2 Å². The zero-order valence-electron chi connectivity index (χ0n) is 17.1. The summed E-state index contributed by atoms with van der Waals surface area (Å²) < 4.78 is 16.8. The summed E-state index contributed by atoms with van der Waals surface area (Å²) in [6.45, 7) is 5.20. The Labute approximate surface area is 186 Å². The van der Waals surface area contributed by atoms with Crippen molar-refractivity contribution in [3.05, 3.63) is 29.8 Å². The van der Waals surface area contributed by atoms with Gasteiger partial charge in [-0.2, -0.15) is 0 Å². The Balaban J connectivity index is 0.00000280. The maximum absolute atomic E-state index is 5.96. The van der Waals surface area contributed by atoms with Crippen molar-refractivity contribution in [3.63, 3.8) is 0 Å². The first-order valence-electron chi connectivity index (χ1n) is 10.1. The molecule has 0 bridgehead atoms. The average Bonchev–Trinajstić information content (AvgIpc) is 2.73. The molecular weight excluding hydrogens is 469 g/mol. The van der Waals surface area contributed by atoms with Crippen molar-refractivity contribution in [2.24, 2.45) is 4.99 Å². The number of halogens is 1. The lowest BCUT2D eigenvalue weighted by molar-refractivity contribution is 0.00989. The van der Waals surface area contributed by atoms with Gasteiger partial charge in [-0.1, -0.05) is 18.2 Å². The average molecular weight is 503 g/mol. The van der Waals surface area contributed by atoms with Gasteiger partial charge in [0.05, 0.1) is 12.7 Å². The van der Waals surface area contributed by atoms with Crippen LogP contribution in [0.3, 0.4) is 0 Å². The molecule has 1 aromatic rings. The lowest BCUT2D eigenvalue weighted by atomic mass is 9.93. The van der Waals surface area contributed by atoms with Crippen LogP contribution >= 0.6 is 24.0 Å². The predicted molar refractivity (Wildman–Crippen MR) is 123 cm³/mol. The molecule has 1 atom stereocenters. The van der Waals surface area contributed by atoms with E-state index >= 15 is 0 Å². The summed E-state index contributed by atoms with van der Waals surface area (Å²) in [6, 6.07) is 8.37. The van der Waals surface area contributed by atoms with E-state index in [-0.39, 0.29) is 24.0 Å². The second-order valence-corrected chi connectivity index (χ2v) is 7.20. The number of ether oxygens (including phenoxy) is 3. The SMILES string of the molecule is CN=C(NCC1CCOc2ccccc21)N1CCC(OCCCOC)CC1.I. The Morgan fingerprint density at radius 3 is 2.75 bits per heavy atom. The number of fused-ring (bicyclic) bond motifs is 1. The molecule has 158 valence electrons. The highest BCUT2D eigenvalue weighted by atomic mass is 127. The number of hydrogen-bond donors (Lipinski definition) is 1. The molecule has 1 unspecified atom stereocenters. The molecule has 0 aromatic heterocycles. The molecule has 2 aliphatic heterocycles. The van der Waals surface area contributed by atoms with Crippen LogP contribution in [-0.2, 0) is 9.47 Å². The van der Waals surface area contributed by atoms with Crippen LogP contribution in [0.15, 0.2) is 29.3 Å². The molecule has 7 heteroatoms. The summed E-state index contributed by atoms with van der Waals surface area (Å²) in [4.78, 5) is 6.85. The number of methoxy groups -OCH3 is 1. The predicted octanol–water partition coefficient (Wildman–Crippen LogP) is 3.26. The number of para-hydroxylation sites is 1. The van der Waals surface area contributed by atoms with Gasteiger partial charge >= 0.3 is 0 Å². The first-order valence-corrected chi connectivity index (χ1v) is 10.1. The Morgan fingerprint density at radius 2 is 2.00 bits per heavy atom. The fourth-order valence-corrected chi connectivity index (χ4v) is 3.86. The lowest BCUT2D eigenvalue weighted by Gasteiger charge is -2.35. The van der Waals surface area contributed by atoms with E-state index in [4.69, 9.17) is 14.2 Å². The summed E-state index contributed by atoms with van der Waals surface area (Å²) >= 11 is 0. The molecular formula is C21H34IN3O3. The highest BCUT2D eigenvalue weighted by molar-refractivity contribution is 14.0. The number of benzene rings is 1. The van der Waals surface area contributed by atoms with Crippen LogP contribution in [0.2, 0.25) is 0 Å². The summed E-state index contributed by atoms with van der Waals surface area (Å²) in [5, 5.41) is 3.59. The van der Waals surface area contributed by atoms with Crippen LogP contribution in [0, 0.1) is 0 Å². The van der Waals surface area contributed by atoms with E-state index in [1.165, 1.54) is 5.56 Å². The normalized spacial score (nSPS) is 20.1. The van der Waals surface area contributed by atoms with Gasteiger partial charge in [0.2, 0.25) is 0 Å². The molecule has 0 amide bonds. The number of nitrogens with one attached hydrogen (secondary N) is 1. The lowest BCUT2D eigenvalue weighted by Crippen LogP contribution is -2.48. The number of aliphatic imine (C=N–C) groups is 1. The van der Waals surface area contributed by atoms with Crippen LogP contribution in [-0.4, -0.2) is 70.6 Å². The summed E-state index contributed by atoms with van der Waals surface area (Å²) in [7, 11) is 3.60. The third kappa shape index (κ3) is 6.49. The van der Waals surface area contributed by atoms with E-state index in [0.717, 1.165) is 76.8 Å². The molecule has 0 saturated carbocycles. The molecule has 3 rings (SSSR count). The van der Waals surface area contributed by atoms with Crippen molar-refractivity contribution in [3.8, 4) is 5.75 Å². The van der Waals surface area contributed by atoms with Crippen LogP contribution in [0.25, 0.3) is 0 Å². The third-order valence-electron chi connectivity index (χ3n) is 5.39. The van der Waals surface area contributed by atoms with E-state index < -0.39 is 0 Å². The number of nitrogens with zero attached hydrogens (tertiary/aromatic N) is 2. The fraction of sp³-hybridized carbons (Fsp3) is 0.667. The maximum Gasteiger partial charge on any atom is 0.193 e. The summed E-state index contributed by atoms with van der Waals surface area (Å²) in [5.74, 6) is 2.49. The third-order valence-corrected chi connectivity index (χ3v) is 5.39. The Kier molecular flexibility index (Phi) is 10.4. The largest absolute Gasteiger partial charge is 0.493 e. The molecule has 0 radical (unpaired) electrons. The number of guanidine groups is 1. The van der Waals surface area contributed by atoms with Crippen molar-refractivity contribution >= 4 is 29.9 Å². The second-order valence-electron chi connectivity index (χ2n) is 7.20. The van der Waals surface area contributed by atoms with E-state index in [2.05, 4.69) is 33.4 Å². The highest BCUT2D eigenvalue weighted by Gasteiger charge is 2.24. The smallest absolute Gasteiger partial charge is 0.193 e. The minimum Gasteiger partial charge on any atom is -0.493 e. The van der Waals surface area contributed by atoms with Crippen molar-refractivity contribution in [1.29, 1.82) is 0 Å². The van der Waals surface area contributed by atoms with Gasteiger partial charge in [-0.3, -0.25) is 4.99 Å². The first-order chi connectivity index (χ1) is 13.3. The zero-order valence-corrected chi connectivity index (χ0v) is 19.4. The summed E-state index contributed by atoms with van der Waals surface area (Å²) in [6.07, 6.45) is 4.46. The molecule has 1 saturated heterocycles. The molecule has 1 fully saturated rings. The first kappa shape index (κ1) is 23.2. The van der Waals surface area contributed by atoms with E-state index in [9.17, 15) is 0 Å². The zero-order chi connectivity index (χ0) is 18.9.